The molecule has 3 rings (SSSR count). The maximum atomic E-state index is 12.3. The fourth-order valence-electron chi connectivity index (χ4n) is 2.60. The molecule has 6 heteroatoms. The zero-order chi connectivity index (χ0) is 13.2. The summed E-state index contributed by atoms with van der Waals surface area (Å²) < 4.78 is 0. The SMILES string of the molecule is Cc1cc(C(=O)N2CCC[C@H](c3ccn[nH]3)C2)n[nH]1. The monoisotopic (exact) mass is 259 g/mol. The van der Waals surface area contributed by atoms with Crippen molar-refractivity contribution in [1.29, 1.82) is 0 Å². The highest BCUT2D eigenvalue weighted by Gasteiger charge is 2.27. The number of likely N-dealkylation sites (tertiary alicyclic amines) is 1. The second-order valence-corrected chi connectivity index (χ2v) is 5.04. The van der Waals surface area contributed by atoms with E-state index in [1.807, 2.05) is 17.9 Å². The fourth-order valence-corrected chi connectivity index (χ4v) is 2.60. The molecule has 0 saturated carbocycles. The van der Waals surface area contributed by atoms with Crippen LogP contribution in [-0.2, 0) is 0 Å². The van der Waals surface area contributed by atoms with Gasteiger partial charge >= 0.3 is 0 Å². The molecule has 6 nitrogen and oxygen atoms in total. The number of aromatic nitrogens is 4. The maximum Gasteiger partial charge on any atom is 0.274 e. The van der Waals surface area contributed by atoms with Crippen molar-refractivity contribution < 1.29 is 4.79 Å². The quantitative estimate of drug-likeness (QED) is 0.857. The number of carbonyl (C=O) groups is 1. The Morgan fingerprint density at radius 1 is 1.47 bits per heavy atom. The van der Waals surface area contributed by atoms with E-state index in [-0.39, 0.29) is 5.91 Å². The molecule has 0 radical (unpaired) electrons. The van der Waals surface area contributed by atoms with E-state index < -0.39 is 0 Å². The topological polar surface area (TPSA) is 77.7 Å². The summed E-state index contributed by atoms with van der Waals surface area (Å²) in [6, 6.07) is 3.78. The van der Waals surface area contributed by atoms with Crippen LogP contribution in [0.2, 0.25) is 0 Å². The molecule has 19 heavy (non-hydrogen) atoms. The largest absolute Gasteiger partial charge is 0.337 e. The van der Waals surface area contributed by atoms with Crippen LogP contribution in [0.3, 0.4) is 0 Å². The number of rotatable bonds is 2. The van der Waals surface area contributed by atoms with Crippen molar-refractivity contribution >= 4 is 5.91 Å². The third-order valence-electron chi connectivity index (χ3n) is 3.60. The van der Waals surface area contributed by atoms with Gasteiger partial charge in [-0.1, -0.05) is 0 Å². The Kier molecular flexibility index (Phi) is 3.06. The number of hydrogen-bond acceptors (Lipinski definition) is 3. The zero-order valence-corrected chi connectivity index (χ0v) is 10.9. The molecule has 0 aliphatic carbocycles. The molecular weight excluding hydrogens is 242 g/mol. The molecule has 2 aromatic heterocycles. The van der Waals surface area contributed by atoms with Crippen molar-refractivity contribution in [3.05, 3.63) is 35.4 Å². The molecule has 1 amide bonds. The van der Waals surface area contributed by atoms with Crippen LogP contribution >= 0.6 is 0 Å². The fraction of sp³-hybridized carbons (Fsp3) is 0.462. The van der Waals surface area contributed by atoms with Crippen LogP contribution in [0.25, 0.3) is 0 Å². The van der Waals surface area contributed by atoms with E-state index in [0.29, 0.717) is 11.6 Å². The number of nitrogens with one attached hydrogen (secondary N) is 2. The first-order chi connectivity index (χ1) is 9.24. The van der Waals surface area contributed by atoms with Crippen molar-refractivity contribution in [2.75, 3.05) is 13.1 Å². The first-order valence-corrected chi connectivity index (χ1v) is 6.54. The Balaban J connectivity index is 1.73. The lowest BCUT2D eigenvalue weighted by Crippen LogP contribution is -2.39. The van der Waals surface area contributed by atoms with Gasteiger partial charge in [0.2, 0.25) is 0 Å². The Labute approximate surface area is 111 Å². The van der Waals surface area contributed by atoms with Gasteiger partial charge in [0.25, 0.3) is 5.91 Å². The Bertz CT molecular complexity index is 559. The Morgan fingerprint density at radius 2 is 2.37 bits per heavy atom. The molecule has 2 N–H and O–H groups in total. The third kappa shape index (κ3) is 2.38. The number of aryl methyl sites for hydroxylation is 1. The van der Waals surface area contributed by atoms with E-state index in [1.54, 1.807) is 12.3 Å². The summed E-state index contributed by atoms with van der Waals surface area (Å²) in [5, 5.41) is 13.8. The Morgan fingerprint density at radius 3 is 3.05 bits per heavy atom. The smallest absolute Gasteiger partial charge is 0.274 e. The van der Waals surface area contributed by atoms with Gasteiger partial charge in [-0.25, -0.2) is 0 Å². The molecule has 100 valence electrons. The second-order valence-electron chi connectivity index (χ2n) is 5.04. The lowest BCUT2D eigenvalue weighted by atomic mass is 9.95. The Hall–Kier alpha value is -2.11. The molecule has 1 aliphatic heterocycles. The van der Waals surface area contributed by atoms with E-state index in [2.05, 4.69) is 20.4 Å². The first-order valence-electron chi connectivity index (χ1n) is 6.54. The minimum absolute atomic E-state index is 0.00793. The number of H-pyrrole nitrogens is 2. The van der Waals surface area contributed by atoms with E-state index in [4.69, 9.17) is 0 Å². The summed E-state index contributed by atoms with van der Waals surface area (Å²) >= 11 is 0. The average molecular weight is 259 g/mol. The van der Waals surface area contributed by atoms with Crippen molar-refractivity contribution in [3.8, 4) is 0 Å². The zero-order valence-electron chi connectivity index (χ0n) is 10.9. The molecule has 1 fully saturated rings. The van der Waals surface area contributed by atoms with Gasteiger partial charge in [-0.2, -0.15) is 10.2 Å². The van der Waals surface area contributed by atoms with Crippen molar-refractivity contribution in [1.82, 2.24) is 25.3 Å². The molecule has 1 saturated heterocycles. The number of carbonyl (C=O) groups excluding carboxylic acids is 1. The highest BCUT2D eigenvalue weighted by atomic mass is 16.2. The highest BCUT2D eigenvalue weighted by Crippen LogP contribution is 2.25. The standard InChI is InChI=1S/C13H17N5O/c1-9-7-12(17-15-9)13(19)18-6-2-3-10(8-18)11-4-5-14-16-11/h4-5,7,10H,2-3,6,8H2,1H3,(H,14,16)(H,15,17)/t10-/m0/s1. The van der Waals surface area contributed by atoms with Crippen LogP contribution in [0.5, 0.6) is 0 Å². The summed E-state index contributed by atoms with van der Waals surface area (Å²) in [6.45, 7) is 3.43. The number of hydrogen-bond donors (Lipinski definition) is 2. The highest BCUT2D eigenvalue weighted by molar-refractivity contribution is 5.92. The summed E-state index contributed by atoms with van der Waals surface area (Å²) in [6.07, 6.45) is 3.86. The molecule has 3 heterocycles. The van der Waals surface area contributed by atoms with E-state index in [0.717, 1.165) is 37.3 Å². The lowest BCUT2D eigenvalue weighted by Gasteiger charge is -2.31. The van der Waals surface area contributed by atoms with Gasteiger partial charge in [0.15, 0.2) is 0 Å². The first kappa shape index (κ1) is 12.0. The van der Waals surface area contributed by atoms with Crippen LogP contribution in [-0.4, -0.2) is 44.3 Å². The van der Waals surface area contributed by atoms with Crippen LogP contribution < -0.4 is 0 Å². The van der Waals surface area contributed by atoms with Gasteiger partial charge in [0.05, 0.1) is 0 Å². The molecule has 0 unspecified atom stereocenters. The normalized spacial score (nSPS) is 19.6. The molecule has 0 spiro atoms. The second kappa shape index (κ2) is 4.87. The van der Waals surface area contributed by atoms with Crippen LogP contribution in [0.15, 0.2) is 18.3 Å². The molecule has 1 atom stereocenters. The van der Waals surface area contributed by atoms with Crippen molar-refractivity contribution in [3.63, 3.8) is 0 Å². The molecular formula is C13H17N5O. The summed E-state index contributed by atoms with van der Waals surface area (Å²) in [7, 11) is 0. The summed E-state index contributed by atoms with van der Waals surface area (Å²) in [5.41, 5.74) is 2.52. The molecule has 1 aliphatic rings. The number of amides is 1. The minimum Gasteiger partial charge on any atom is -0.337 e. The van der Waals surface area contributed by atoms with Gasteiger partial charge in [0, 0.05) is 36.6 Å². The summed E-state index contributed by atoms with van der Waals surface area (Å²) in [4.78, 5) is 14.2. The van der Waals surface area contributed by atoms with Crippen LogP contribution in [0.1, 0.15) is 40.6 Å². The number of piperidine rings is 1. The maximum absolute atomic E-state index is 12.3. The predicted molar refractivity (Wildman–Crippen MR) is 69.8 cm³/mol. The van der Waals surface area contributed by atoms with E-state index in [1.165, 1.54) is 0 Å². The van der Waals surface area contributed by atoms with E-state index >= 15 is 0 Å². The molecule has 0 aromatic carbocycles. The molecule has 2 aromatic rings. The van der Waals surface area contributed by atoms with Gasteiger partial charge in [-0.15, -0.1) is 0 Å². The number of nitrogens with zero attached hydrogens (tertiary/aromatic N) is 3. The van der Waals surface area contributed by atoms with Crippen molar-refractivity contribution in [2.24, 2.45) is 0 Å². The van der Waals surface area contributed by atoms with Gasteiger partial charge in [-0.05, 0) is 31.9 Å². The van der Waals surface area contributed by atoms with Gasteiger partial charge in [0.1, 0.15) is 5.69 Å². The van der Waals surface area contributed by atoms with Crippen molar-refractivity contribution in [2.45, 2.75) is 25.7 Å². The van der Waals surface area contributed by atoms with Gasteiger partial charge < -0.3 is 4.90 Å². The third-order valence-corrected chi connectivity index (χ3v) is 3.60. The van der Waals surface area contributed by atoms with Crippen LogP contribution in [0, 0.1) is 6.92 Å². The van der Waals surface area contributed by atoms with Crippen LogP contribution in [0.4, 0.5) is 0 Å². The predicted octanol–water partition coefficient (Wildman–Crippen LogP) is 1.46. The number of aromatic amines is 2. The summed E-state index contributed by atoms with van der Waals surface area (Å²) in [5.74, 6) is 0.355. The lowest BCUT2D eigenvalue weighted by molar-refractivity contribution is 0.0700. The average Bonchev–Trinajstić information content (AvgIpc) is 3.09. The molecule has 0 bridgehead atoms. The van der Waals surface area contributed by atoms with E-state index in [9.17, 15) is 4.79 Å². The van der Waals surface area contributed by atoms with Gasteiger partial charge in [-0.3, -0.25) is 15.0 Å². The minimum atomic E-state index is 0.00793.